The van der Waals surface area contributed by atoms with Gasteiger partial charge in [0.05, 0.1) is 11.4 Å². The van der Waals surface area contributed by atoms with Crippen molar-refractivity contribution in [1.29, 1.82) is 0 Å². The highest BCUT2D eigenvalue weighted by atomic mass is 16.3. The minimum absolute atomic E-state index is 0.671. The van der Waals surface area contributed by atoms with Gasteiger partial charge in [-0.25, -0.2) is 9.97 Å². The lowest BCUT2D eigenvalue weighted by molar-refractivity contribution is 0.669. The third-order valence-electron chi connectivity index (χ3n) is 8.98. The molecule has 3 aromatic heterocycles. The van der Waals surface area contributed by atoms with Crippen molar-refractivity contribution < 1.29 is 4.42 Å². The summed E-state index contributed by atoms with van der Waals surface area (Å²) in [5.74, 6) is 0.671. The number of furan rings is 1. The lowest BCUT2D eigenvalue weighted by atomic mass is 9.94. The summed E-state index contributed by atoms with van der Waals surface area (Å²) in [5.41, 5.74) is 13.0. The van der Waals surface area contributed by atoms with Gasteiger partial charge in [-0.3, -0.25) is 4.98 Å². The van der Waals surface area contributed by atoms with Crippen LogP contribution in [-0.4, -0.2) is 15.0 Å². The summed E-state index contributed by atoms with van der Waals surface area (Å²) in [6.07, 6.45) is 3.67. The molecule has 4 heteroatoms. The highest BCUT2D eigenvalue weighted by Gasteiger charge is 2.15. The van der Waals surface area contributed by atoms with E-state index >= 15 is 0 Å². The second-order valence-corrected chi connectivity index (χ2v) is 12.1. The monoisotopic (exact) mass is 627 g/mol. The molecular weight excluding hydrogens is 599 g/mol. The topological polar surface area (TPSA) is 51.8 Å². The van der Waals surface area contributed by atoms with Gasteiger partial charge < -0.3 is 4.42 Å². The predicted molar refractivity (Wildman–Crippen MR) is 200 cm³/mol. The zero-order valence-corrected chi connectivity index (χ0v) is 26.5. The summed E-state index contributed by atoms with van der Waals surface area (Å²) in [4.78, 5) is 14.6. The maximum absolute atomic E-state index is 6.29. The Balaban J connectivity index is 1.21. The fourth-order valence-electron chi connectivity index (χ4n) is 6.47. The van der Waals surface area contributed by atoms with Crippen LogP contribution in [0.5, 0.6) is 0 Å². The number of para-hydroxylation sites is 1. The molecule has 3 heterocycles. The van der Waals surface area contributed by atoms with Crippen molar-refractivity contribution in [1.82, 2.24) is 15.0 Å². The van der Waals surface area contributed by atoms with Crippen molar-refractivity contribution in [2.24, 2.45) is 0 Å². The Morgan fingerprint density at radius 3 is 1.67 bits per heavy atom. The SMILES string of the molecule is c1ccc(-c2cc(-c3ccc4c(c3)oc3ccccc34)cc(-c3cc(-c4ccccc4)nc(-c4ccc(-c5cccnc5)cc4)n3)c2)cc1. The molecule has 0 fully saturated rings. The Hall–Kier alpha value is -6.65. The van der Waals surface area contributed by atoms with E-state index < -0.39 is 0 Å². The molecule has 0 radical (unpaired) electrons. The van der Waals surface area contributed by atoms with Crippen LogP contribution in [0.4, 0.5) is 0 Å². The van der Waals surface area contributed by atoms with Gasteiger partial charge in [-0.15, -0.1) is 0 Å². The number of benzene rings is 6. The Morgan fingerprint density at radius 2 is 0.918 bits per heavy atom. The van der Waals surface area contributed by atoms with Crippen molar-refractivity contribution in [3.8, 4) is 67.3 Å². The van der Waals surface area contributed by atoms with Crippen molar-refractivity contribution in [2.75, 3.05) is 0 Å². The lowest BCUT2D eigenvalue weighted by Gasteiger charge is -2.13. The fourth-order valence-corrected chi connectivity index (χ4v) is 6.47. The average Bonchev–Trinajstić information content (AvgIpc) is 3.57. The van der Waals surface area contributed by atoms with E-state index in [4.69, 9.17) is 14.4 Å². The number of hydrogen-bond donors (Lipinski definition) is 0. The van der Waals surface area contributed by atoms with Gasteiger partial charge in [0.25, 0.3) is 0 Å². The first-order valence-corrected chi connectivity index (χ1v) is 16.3. The Kier molecular flexibility index (Phi) is 7.10. The smallest absolute Gasteiger partial charge is 0.160 e. The second-order valence-electron chi connectivity index (χ2n) is 12.1. The summed E-state index contributed by atoms with van der Waals surface area (Å²) in [5, 5.41) is 2.24. The third kappa shape index (κ3) is 5.56. The largest absolute Gasteiger partial charge is 0.456 e. The molecule has 0 saturated heterocycles. The van der Waals surface area contributed by atoms with E-state index in [0.29, 0.717) is 5.82 Å². The van der Waals surface area contributed by atoms with Gasteiger partial charge in [0, 0.05) is 39.9 Å². The number of pyridine rings is 1. The van der Waals surface area contributed by atoms with Crippen LogP contribution in [0, 0.1) is 0 Å². The van der Waals surface area contributed by atoms with Gasteiger partial charge in [0.1, 0.15) is 11.2 Å². The molecule has 0 aliphatic rings. The number of fused-ring (bicyclic) bond motifs is 3. The minimum atomic E-state index is 0.671. The number of nitrogens with zero attached hydrogens (tertiary/aromatic N) is 3. The quantitative estimate of drug-likeness (QED) is 0.184. The number of rotatable bonds is 6. The summed E-state index contributed by atoms with van der Waals surface area (Å²) in [6, 6.07) is 56.7. The highest BCUT2D eigenvalue weighted by molar-refractivity contribution is 6.06. The van der Waals surface area contributed by atoms with E-state index in [0.717, 1.165) is 83.4 Å². The lowest BCUT2D eigenvalue weighted by Crippen LogP contribution is -1.96. The van der Waals surface area contributed by atoms with Gasteiger partial charge in [-0.1, -0.05) is 115 Å². The number of aromatic nitrogens is 3. The van der Waals surface area contributed by atoms with Crippen LogP contribution in [0.3, 0.4) is 0 Å². The van der Waals surface area contributed by atoms with E-state index in [1.165, 1.54) is 0 Å². The van der Waals surface area contributed by atoms with Gasteiger partial charge >= 0.3 is 0 Å². The first-order valence-electron chi connectivity index (χ1n) is 16.3. The second kappa shape index (κ2) is 12.2. The average molecular weight is 628 g/mol. The van der Waals surface area contributed by atoms with Crippen LogP contribution in [0.15, 0.2) is 181 Å². The molecule has 0 aliphatic heterocycles. The molecule has 49 heavy (non-hydrogen) atoms. The molecule has 6 aromatic carbocycles. The molecule has 0 saturated carbocycles. The summed E-state index contributed by atoms with van der Waals surface area (Å²) in [6.45, 7) is 0. The molecule has 0 aliphatic carbocycles. The van der Waals surface area contributed by atoms with Gasteiger partial charge in [0.2, 0.25) is 0 Å². The maximum atomic E-state index is 6.29. The van der Waals surface area contributed by atoms with Crippen molar-refractivity contribution >= 4 is 21.9 Å². The molecule has 230 valence electrons. The molecule has 0 bridgehead atoms. The van der Waals surface area contributed by atoms with Gasteiger partial charge in [0.15, 0.2) is 5.82 Å². The molecule has 0 unspecified atom stereocenters. The van der Waals surface area contributed by atoms with Crippen molar-refractivity contribution in [2.45, 2.75) is 0 Å². The van der Waals surface area contributed by atoms with Crippen molar-refractivity contribution in [3.05, 3.63) is 176 Å². The van der Waals surface area contributed by atoms with Gasteiger partial charge in [-0.05, 0) is 81.9 Å². The Bertz CT molecular complexity index is 2580. The van der Waals surface area contributed by atoms with Crippen LogP contribution in [0.2, 0.25) is 0 Å². The molecule has 0 atom stereocenters. The first kappa shape index (κ1) is 28.6. The molecular formula is C45H29N3O. The van der Waals surface area contributed by atoms with Crippen LogP contribution >= 0.6 is 0 Å². The van der Waals surface area contributed by atoms with Crippen LogP contribution in [0.1, 0.15) is 0 Å². The summed E-state index contributed by atoms with van der Waals surface area (Å²) >= 11 is 0. The zero-order valence-electron chi connectivity index (χ0n) is 26.5. The van der Waals surface area contributed by atoms with E-state index in [1.54, 1.807) is 6.20 Å². The molecule has 4 nitrogen and oxygen atoms in total. The fraction of sp³-hybridized carbons (Fsp3) is 0. The highest BCUT2D eigenvalue weighted by Crippen LogP contribution is 2.37. The van der Waals surface area contributed by atoms with Crippen LogP contribution < -0.4 is 0 Å². The minimum Gasteiger partial charge on any atom is -0.456 e. The third-order valence-corrected chi connectivity index (χ3v) is 8.98. The Morgan fingerprint density at radius 1 is 0.347 bits per heavy atom. The summed E-state index contributed by atoms with van der Waals surface area (Å²) < 4.78 is 6.29. The molecule has 0 spiro atoms. The normalized spacial score (nSPS) is 11.3. The van der Waals surface area contributed by atoms with Crippen molar-refractivity contribution in [3.63, 3.8) is 0 Å². The molecule has 0 N–H and O–H groups in total. The summed E-state index contributed by atoms with van der Waals surface area (Å²) in [7, 11) is 0. The molecule has 9 rings (SSSR count). The molecule has 0 amide bonds. The van der Waals surface area contributed by atoms with E-state index in [1.807, 2.05) is 48.7 Å². The molecule has 9 aromatic rings. The zero-order chi connectivity index (χ0) is 32.6. The van der Waals surface area contributed by atoms with Gasteiger partial charge in [-0.2, -0.15) is 0 Å². The predicted octanol–water partition coefficient (Wildman–Crippen LogP) is 11.8. The first-order chi connectivity index (χ1) is 24.2. The standard InChI is InChI=1S/C45H29N3O/c1-3-10-30(11-4-1)36-24-37(34-21-22-40-39-15-7-8-16-43(39)49-44(40)27-34)26-38(25-36)42-28-41(32-12-5-2-6-13-32)47-45(48-42)33-19-17-31(18-20-33)35-14-9-23-46-29-35/h1-29H. The van der Waals surface area contributed by atoms with Crippen LogP contribution in [0.25, 0.3) is 89.2 Å². The maximum Gasteiger partial charge on any atom is 0.160 e. The number of hydrogen-bond acceptors (Lipinski definition) is 4. The van der Waals surface area contributed by atoms with E-state index in [2.05, 4.69) is 126 Å². The van der Waals surface area contributed by atoms with E-state index in [9.17, 15) is 0 Å². The van der Waals surface area contributed by atoms with Crippen LogP contribution in [-0.2, 0) is 0 Å². The Labute approximate surface area is 284 Å². The van der Waals surface area contributed by atoms with E-state index in [-0.39, 0.29) is 0 Å².